The molecular formula is C24H25N3O2S2. The van der Waals surface area contributed by atoms with E-state index >= 15 is 0 Å². The van der Waals surface area contributed by atoms with E-state index in [1.54, 1.807) is 16.3 Å². The van der Waals surface area contributed by atoms with E-state index in [4.69, 9.17) is 4.98 Å². The number of fused-ring (bicyclic) bond motifs is 1. The van der Waals surface area contributed by atoms with Gasteiger partial charge in [0.15, 0.2) is 5.16 Å². The van der Waals surface area contributed by atoms with Crippen LogP contribution in [0.1, 0.15) is 23.7 Å². The SMILES string of the molecule is Cc1ccc(-n2c(SCC(=O)NCCc3ccccc3)nc3c(c2=O)SC(C)C3)cc1. The molecule has 0 fully saturated rings. The third-order valence-electron chi connectivity index (χ3n) is 5.08. The number of hydrogen-bond donors (Lipinski definition) is 1. The number of amides is 1. The maximum Gasteiger partial charge on any atom is 0.272 e. The van der Waals surface area contributed by atoms with Crippen LogP contribution in [0.5, 0.6) is 0 Å². The summed E-state index contributed by atoms with van der Waals surface area (Å²) in [6.45, 7) is 4.70. The monoisotopic (exact) mass is 451 g/mol. The fourth-order valence-electron chi connectivity index (χ4n) is 3.49. The molecule has 7 heteroatoms. The van der Waals surface area contributed by atoms with Crippen LogP contribution in [0.4, 0.5) is 0 Å². The number of benzene rings is 2. The second-order valence-corrected chi connectivity index (χ2v) is 10.0. The smallest absolute Gasteiger partial charge is 0.272 e. The zero-order valence-electron chi connectivity index (χ0n) is 17.6. The van der Waals surface area contributed by atoms with Gasteiger partial charge in [-0.1, -0.05) is 66.7 Å². The number of carbonyl (C=O) groups is 1. The van der Waals surface area contributed by atoms with Crippen LogP contribution in [-0.2, 0) is 17.6 Å². The normalized spacial score (nSPS) is 15.0. The Morgan fingerprint density at radius 1 is 1.19 bits per heavy atom. The molecule has 1 aliphatic rings. The first-order chi connectivity index (χ1) is 15.0. The van der Waals surface area contributed by atoms with Crippen molar-refractivity contribution in [3.63, 3.8) is 0 Å². The summed E-state index contributed by atoms with van der Waals surface area (Å²) in [5.41, 5.74) is 3.89. The number of rotatable bonds is 7. The molecule has 0 saturated carbocycles. The van der Waals surface area contributed by atoms with Gasteiger partial charge in [-0.2, -0.15) is 0 Å². The maximum absolute atomic E-state index is 13.3. The van der Waals surface area contributed by atoms with Gasteiger partial charge in [-0.15, -0.1) is 11.8 Å². The highest BCUT2D eigenvalue weighted by Gasteiger charge is 2.27. The molecule has 2 aromatic carbocycles. The Kier molecular flexibility index (Phi) is 6.83. The molecule has 1 aliphatic heterocycles. The lowest BCUT2D eigenvalue weighted by molar-refractivity contribution is -0.118. The van der Waals surface area contributed by atoms with E-state index in [1.807, 2.05) is 49.4 Å². The second-order valence-electron chi connectivity index (χ2n) is 7.65. The van der Waals surface area contributed by atoms with Gasteiger partial charge in [-0.25, -0.2) is 4.98 Å². The van der Waals surface area contributed by atoms with E-state index in [-0.39, 0.29) is 17.2 Å². The van der Waals surface area contributed by atoms with Crippen molar-refractivity contribution in [2.45, 2.75) is 42.0 Å². The van der Waals surface area contributed by atoms with Crippen molar-refractivity contribution in [3.8, 4) is 5.69 Å². The van der Waals surface area contributed by atoms with Gasteiger partial charge in [0.25, 0.3) is 5.56 Å². The van der Waals surface area contributed by atoms with Crippen LogP contribution in [0.2, 0.25) is 0 Å². The number of aromatic nitrogens is 2. The summed E-state index contributed by atoms with van der Waals surface area (Å²) < 4.78 is 1.64. The Hall–Kier alpha value is -2.51. The topological polar surface area (TPSA) is 64.0 Å². The molecule has 1 unspecified atom stereocenters. The van der Waals surface area contributed by atoms with E-state index in [1.165, 1.54) is 17.3 Å². The Balaban J connectivity index is 1.50. The minimum Gasteiger partial charge on any atom is -0.355 e. The van der Waals surface area contributed by atoms with E-state index in [0.717, 1.165) is 34.7 Å². The first-order valence-electron chi connectivity index (χ1n) is 10.3. The average Bonchev–Trinajstić information content (AvgIpc) is 3.15. The third-order valence-corrected chi connectivity index (χ3v) is 7.24. The molecule has 0 aliphatic carbocycles. The summed E-state index contributed by atoms with van der Waals surface area (Å²) in [6.07, 6.45) is 1.57. The van der Waals surface area contributed by atoms with Crippen molar-refractivity contribution < 1.29 is 4.79 Å². The van der Waals surface area contributed by atoms with Gasteiger partial charge in [0.1, 0.15) is 0 Å². The zero-order chi connectivity index (χ0) is 21.8. The van der Waals surface area contributed by atoms with Gasteiger partial charge in [-0.05, 0) is 31.0 Å². The summed E-state index contributed by atoms with van der Waals surface area (Å²) >= 11 is 2.90. The number of aryl methyl sites for hydroxylation is 1. The Labute approximate surface area is 190 Å². The van der Waals surface area contributed by atoms with Gasteiger partial charge in [0.2, 0.25) is 5.91 Å². The number of hydrogen-bond acceptors (Lipinski definition) is 5. The number of nitrogens with one attached hydrogen (secondary N) is 1. The van der Waals surface area contributed by atoms with Crippen LogP contribution >= 0.6 is 23.5 Å². The largest absolute Gasteiger partial charge is 0.355 e. The predicted molar refractivity (Wildman–Crippen MR) is 127 cm³/mol. The molecule has 1 N–H and O–H groups in total. The molecule has 5 nitrogen and oxygen atoms in total. The molecule has 31 heavy (non-hydrogen) atoms. The lowest BCUT2D eigenvalue weighted by Gasteiger charge is -2.14. The van der Waals surface area contributed by atoms with Crippen LogP contribution < -0.4 is 10.9 Å². The van der Waals surface area contributed by atoms with E-state index in [9.17, 15) is 9.59 Å². The lowest BCUT2D eigenvalue weighted by atomic mass is 10.1. The highest BCUT2D eigenvalue weighted by Crippen LogP contribution is 2.34. The molecule has 0 radical (unpaired) electrons. The van der Waals surface area contributed by atoms with Crippen molar-refractivity contribution in [1.82, 2.24) is 14.9 Å². The molecule has 0 saturated heterocycles. The van der Waals surface area contributed by atoms with Gasteiger partial charge < -0.3 is 5.32 Å². The third kappa shape index (κ3) is 5.22. The summed E-state index contributed by atoms with van der Waals surface area (Å²) in [6, 6.07) is 17.9. The zero-order valence-corrected chi connectivity index (χ0v) is 19.3. The number of carbonyl (C=O) groups excluding carboxylic acids is 1. The Morgan fingerprint density at radius 3 is 2.68 bits per heavy atom. The Bertz CT molecular complexity index is 1130. The molecule has 1 aromatic heterocycles. The fraction of sp³-hybridized carbons (Fsp3) is 0.292. The van der Waals surface area contributed by atoms with Crippen LogP contribution in [0, 0.1) is 6.92 Å². The lowest BCUT2D eigenvalue weighted by Crippen LogP contribution is -2.28. The van der Waals surface area contributed by atoms with Crippen molar-refractivity contribution >= 4 is 29.4 Å². The summed E-state index contributed by atoms with van der Waals surface area (Å²) in [7, 11) is 0. The highest BCUT2D eigenvalue weighted by atomic mass is 32.2. The first kappa shape index (κ1) is 21.7. The van der Waals surface area contributed by atoms with Crippen molar-refractivity contribution in [2.75, 3.05) is 12.3 Å². The van der Waals surface area contributed by atoms with E-state index in [0.29, 0.717) is 17.0 Å². The fourth-order valence-corrected chi connectivity index (χ4v) is 5.45. The Morgan fingerprint density at radius 2 is 1.94 bits per heavy atom. The van der Waals surface area contributed by atoms with Crippen LogP contribution in [0.3, 0.4) is 0 Å². The van der Waals surface area contributed by atoms with Crippen LogP contribution in [-0.4, -0.2) is 33.0 Å². The summed E-state index contributed by atoms with van der Waals surface area (Å²) in [5.74, 6) is 0.156. The van der Waals surface area contributed by atoms with Crippen molar-refractivity contribution in [2.24, 2.45) is 0 Å². The van der Waals surface area contributed by atoms with Crippen LogP contribution in [0.15, 0.2) is 69.4 Å². The molecule has 4 rings (SSSR count). The maximum atomic E-state index is 13.3. The number of thioether (sulfide) groups is 2. The van der Waals surface area contributed by atoms with Gasteiger partial charge in [0, 0.05) is 18.2 Å². The second kappa shape index (κ2) is 9.75. The average molecular weight is 452 g/mol. The van der Waals surface area contributed by atoms with Crippen LogP contribution in [0.25, 0.3) is 5.69 Å². The summed E-state index contributed by atoms with van der Waals surface area (Å²) in [4.78, 5) is 31.2. The minimum atomic E-state index is -0.0612. The van der Waals surface area contributed by atoms with Gasteiger partial charge >= 0.3 is 0 Å². The highest BCUT2D eigenvalue weighted by molar-refractivity contribution is 8.00. The first-order valence-corrected chi connectivity index (χ1v) is 12.2. The van der Waals surface area contributed by atoms with Crippen molar-refractivity contribution in [1.29, 1.82) is 0 Å². The molecule has 0 bridgehead atoms. The van der Waals surface area contributed by atoms with Gasteiger partial charge in [0.05, 0.1) is 22.0 Å². The molecule has 1 atom stereocenters. The van der Waals surface area contributed by atoms with Crippen molar-refractivity contribution in [3.05, 3.63) is 81.8 Å². The molecule has 160 valence electrons. The molecule has 2 heterocycles. The molecule has 1 amide bonds. The van der Waals surface area contributed by atoms with E-state index in [2.05, 4.69) is 24.4 Å². The standard InChI is InChI=1S/C24H25N3O2S2/c1-16-8-10-19(11-9-16)27-23(29)22-20(14-17(2)31-22)26-24(27)30-15-21(28)25-13-12-18-6-4-3-5-7-18/h3-11,17H,12-15H2,1-2H3,(H,25,28). The quantitative estimate of drug-likeness (QED) is 0.434. The number of nitrogens with zero attached hydrogens (tertiary/aromatic N) is 2. The minimum absolute atomic E-state index is 0.0461. The molecule has 0 spiro atoms. The predicted octanol–water partition coefficient (Wildman–Crippen LogP) is 4.03. The van der Waals surface area contributed by atoms with Gasteiger partial charge in [-0.3, -0.25) is 14.2 Å². The summed E-state index contributed by atoms with van der Waals surface area (Å²) in [5, 5.41) is 3.87. The molecular weight excluding hydrogens is 426 g/mol. The molecule has 3 aromatic rings. The van der Waals surface area contributed by atoms with E-state index < -0.39 is 0 Å².